The van der Waals surface area contributed by atoms with E-state index < -0.39 is 5.97 Å². The van der Waals surface area contributed by atoms with Gasteiger partial charge in [-0.15, -0.1) is 0 Å². The molecule has 1 amide bonds. The SMILES string of the molecule is COc1ccc(CC(=O)NCc2ccc(C(=O)O)cc2)cc1. The predicted molar refractivity (Wildman–Crippen MR) is 81.9 cm³/mol. The number of aromatic carboxylic acids is 1. The lowest BCUT2D eigenvalue weighted by Gasteiger charge is -2.06. The van der Waals surface area contributed by atoms with Crippen molar-refractivity contribution in [3.05, 3.63) is 65.2 Å². The molecule has 2 aromatic carbocycles. The van der Waals surface area contributed by atoms with E-state index in [0.29, 0.717) is 6.54 Å². The normalized spacial score (nSPS) is 10.0. The average Bonchev–Trinajstić information content (AvgIpc) is 2.54. The van der Waals surface area contributed by atoms with Crippen LogP contribution in [0.5, 0.6) is 5.75 Å². The smallest absolute Gasteiger partial charge is 0.335 e. The van der Waals surface area contributed by atoms with Crippen LogP contribution in [0.25, 0.3) is 0 Å². The topological polar surface area (TPSA) is 75.6 Å². The Morgan fingerprint density at radius 3 is 2.14 bits per heavy atom. The highest BCUT2D eigenvalue weighted by atomic mass is 16.5. The van der Waals surface area contributed by atoms with Crippen LogP contribution in [0, 0.1) is 0 Å². The van der Waals surface area contributed by atoms with E-state index in [1.807, 2.05) is 24.3 Å². The molecule has 2 aromatic rings. The molecule has 0 aliphatic rings. The van der Waals surface area contributed by atoms with Crippen LogP contribution < -0.4 is 10.1 Å². The van der Waals surface area contributed by atoms with Crippen LogP contribution in [-0.2, 0) is 17.8 Å². The van der Waals surface area contributed by atoms with Gasteiger partial charge >= 0.3 is 5.97 Å². The number of rotatable bonds is 6. The molecule has 2 N–H and O–H groups in total. The molecule has 114 valence electrons. The fraction of sp³-hybridized carbons (Fsp3) is 0.176. The van der Waals surface area contributed by atoms with E-state index in [1.165, 1.54) is 12.1 Å². The Bertz CT molecular complexity index is 647. The summed E-state index contributed by atoms with van der Waals surface area (Å²) in [5.41, 5.74) is 1.99. The van der Waals surface area contributed by atoms with Crippen LogP contribution in [0.15, 0.2) is 48.5 Å². The van der Waals surface area contributed by atoms with Gasteiger partial charge in [0, 0.05) is 6.54 Å². The molecule has 0 spiro atoms. The molecule has 0 heterocycles. The van der Waals surface area contributed by atoms with Gasteiger partial charge in [0.05, 0.1) is 19.1 Å². The highest BCUT2D eigenvalue weighted by Crippen LogP contribution is 2.11. The molecule has 0 radical (unpaired) electrons. The number of methoxy groups -OCH3 is 1. The van der Waals surface area contributed by atoms with Crippen molar-refractivity contribution in [3.63, 3.8) is 0 Å². The minimum absolute atomic E-state index is 0.0903. The van der Waals surface area contributed by atoms with E-state index in [9.17, 15) is 9.59 Å². The summed E-state index contributed by atoms with van der Waals surface area (Å²) in [7, 11) is 1.59. The summed E-state index contributed by atoms with van der Waals surface area (Å²) in [6.07, 6.45) is 0.289. The zero-order chi connectivity index (χ0) is 15.9. The first kappa shape index (κ1) is 15.6. The van der Waals surface area contributed by atoms with E-state index in [1.54, 1.807) is 19.2 Å². The van der Waals surface area contributed by atoms with Crippen molar-refractivity contribution >= 4 is 11.9 Å². The van der Waals surface area contributed by atoms with Crippen LogP contribution in [0.1, 0.15) is 21.5 Å². The molecule has 0 atom stereocenters. The third-order valence-electron chi connectivity index (χ3n) is 3.21. The van der Waals surface area contributed by atoms with Gasteiger partial charge in [0.25, 0.3) is 0 Å². The zero-order valence-electron chi connectivity index (χ0n) is 12.2. The van der Waals surface area contributed by atoms with Gasteiger partial charge in [0.1, 0.15) is 5.75 Å². The molecular weight excluding hydrogens is 282 g/mol. The molecule has 0 bridgehead atoms. The summed E-state index contributed by atoms with van der Waals surface area (Å²) in [5, 5.41) is 11.6. The van der Waals surface area contributed by atoms with E-state index in [0.717, 1.165) is 16.9 Å². The molecule has 5 heteroatoms. The van der Waals surface area contributed by atoms with Crippen LogP contribution in [0.2, 0.25) is 0 Å². The number of ether oxygens (including phenoxy) is 1. The number of hydrogen-bond donors (Lipinski definition) is 2. The quantitative estimate of drug-likeness (QED) is 0.858. The Morgan fingerprint density at radius 2 is 1.59 bits per heavy atom. The molecular formula is C17H17NO4. The monoisotopic (exact) mass is 299 g/mol. The van der Waals surface area contributed by atoms with Crippen LogP contribution >= 0.6 is 0 Å². The second-order valence-corrected chi connectivity index (χ2v) is 4.80. The van der Waals surface area contributed by atoms with Crippen molar-refractivity contribution in [1.29, 1.82) is 0 Å². The van der Waals surface area contributed by atoms with Gasteiger partial charge < -0.3 is 15.2 Å². The Kier molecular flexibility index (Phi) is 5.14. The summed E-state index contributed by atoms with van der Waals surface area (Å²) in [5.74, 6) is -0.301. The van der Waals surface area contributed by atoms with Gasteiger partial charge in [-0.05, 0) is 35.4 Å². The molecule has 0 aliphatic heterocycles. The summed E-state index contributed by atoms with van der Waals surface area (Å²) in [6, 6.07) is 13.7. The number of benzene rings is 2. The molecule has 0 aliphatic carbocycles. The fourth-order valence-electron chi connectivity index (χ4n) is 1.96. The highest BCUT2D eigenvalue weighted by Gasteiger charge is 2.05. The first-order valence-electron chi connectivity index (χ1n) is 6.80. The van der Waals surface area contributed by atoms with Crippen molar-refractivity contribution in [3.8, 4) is 5.75 Å². The maximum atomic E-state index is 11.9. The lowest BCUT2D eigenvalue weighted by Crippen LogP contribution is -2.24. The van der Waals surface area contributed by atoms with E-state index in [4.69, 9.17) is 9.84 Å². The van der Waals surface area contributed by atoms with Gasteiger partial charge in [-0.1, -0.05) is 24.3 Å². The van der Waals surface area contributed by atoms with Gasteiger partial charge in [-0.2, -0.15) is 0 Å². The maximum absolute atomic E-state index is 11.9. The van der Waals surface area contributed by atoms with Crippen LogP contribution in [0.4, 0.5) is 0 Å². The van der Waals surface area contributed by atoms with Crippen LogP contribution in [0.3, 0.4) is 0 Å². The average molecular weight is 299 g/mol. The summed E-state index contributed by atoms with van der Waals surface area (Å²) < 4.78 is 5.06. The molecule has 5 nitrogen and oxygen atoms in total. The lowest BCUT2D eigenvalue weighted by atomic mass is 10.1. The molecule has 0 aromatic heterocycles. The minimum atomic E-state index is -0.963. The Balaban J connectivity index is 1.85. The van der Waals surface area contributed by atoms with Crippen molar-refractivity contribution in [2.75, 3.05) is 7.11 Å². The summed E-state index contributed by atoms with van der Waals surface area (Å²) in [6.45, 7) is 0.370. The number of carboxylic acid groups (broad SMARTS) is 1. The molecule has 22 heavy (non-hydrogen) atoms. The standard InChI is InChI=1S/C17H17NO4/c1-22-15-8-4-12(5-9-15)10-16(19)18-11-13-2-6-14(7-3-13)17(20)21/h2-9H,10-11H2,1H3,(H,18,19)(H,20,21). The molecule has 0 unspecified atom stereocenters. The third-order valence-corrected chi connectivity index (χ3v) is 3.21. The second-order valence-electron chi connectivity index (χ2n) is 4.80. The van der Waals surface area contributed by atoms with Gasteiger partial charge in [-0.3, -0.25) is 4.79 Å². The Morgan fingerprint density at radius 1 is 1.00 bits per heavy atom. The predicted octanol–water partition coefficient (Wildman–Crippen LogP) is 2.25. The molecule has 2 rings (SSSR count). The van der Waals surface area contributed by atoms with Crippen molar-refractivity contribution in [2.45, 2.75) is 13.0 Å². The lowest BCUT2D eigenvalue weighted by molar-refractivity contribution is -0.120. The van der Waals surface area contributed by atoms with E-state index in [-0.39, 0.29) is 17.9 Å². The van der Waals surface area contributed by atoms with Crippen molar-refractivity contribution in [2.24, 2.45) is 0 Å². The first-order chi connectivity index (χ1) is 10.6. The van der Waals surface area contributed by atoms with Crippen molar-refractivity contribution < 1.29 is 19.4 Å². The van der Waals surface area contributed by atoms with Gasteiger partial charge in [0.15, 0.2) is 0 Å². The molecule has 0 saturated heterocycles. The highest BCUT2D eigenvalue weighted by molar-refractivity contribution is 5.87. The number of amides is 1. The summed E-state index contributed by atoms with van der Waals surface area (Å²) >= 11 is 0. The number of carbonyl (C=O) groups is 2. The third kappa shape index (κ3) is 4.34. The Hall–Kier alpha value is -2.82. The zero-order valence-corrected chi connectivity index (χ0v) is 12.2. The molecule has 0 fully saturated rings. The maximum Gasteiger partial charge on any atom is 0.335 e. The number of carboxylic acids is 1. The second kappa shape index (κ2) is 7.26. The molecule has 0 saturated carbocycles. The fourth-order valence-corrected chi connectivity index (χ4v) is 1.96. The van der Waals surface area contributed by atoms with Gasteiger partial charge in [0.2, 0.25) is 5.91 Å². The number of hydrogen-bond acceptors (Lipinski definition) is 3. The van der Waals surface area contributed by atoms with Crippen molar-refractivity contribution in [1.82, 2.24) is 5.32 Å². The first-order valence-corrected chi connectivity index (χ1v) is 6.80. The minimum Gasteiger partial charge on any atom is -0.497 e. The largest absolute Gasteiger partial charge is 0.497 e. The number of carbonyl (C=O) groups excluding carboxylic acids is 1. The van der Waals surface area contributed by atoms with Crippen LogP contribution in [-0.4, -0.2) is 24.1 Å². The summed E-state index contributed by atoms with van der Waals surface area (Å²) in [4.78, 5) is 22.6. The Labute approximate surface area is 128 Å². The van der Waals surface area contributed by atoms with Gasteiger partial charge in [-0.25, -0.2) is 4.79 Å². The van der Waals surface area contributed by atoms with E-state index in [2.05, 4.69) is 5.32 Å². The van der Waals surface area contributed by atoms with E-state index >= 15 is 0 Å². The number of nitrogens with one attached hydrogen (secondary N) is 1.